The summed E-state index contributed by atoms with van der Waals surface area (Å²) in [4.78, 5) is 23.9. The molecule has 0 unspecified atom stereocenters. The number of amides is 2. The number of fused-ring (bicyclic) bond motifs is 1. The van der Waals surface area contributed by atoms with Crippen molar-refractivity contribution in [2.45, 2.75) is 45.4 Å². The fourth-order valence-corrected chi connectivity index (χ4v) is 3.68. The van der Waals surface area contributed by atoms with Gasteiger partial charge in [-0.2, -0.15) is 0 Å². The minimum Gasteiger partial charge on any atom is -0.326 e. The molecule has 1 aliphatic heterocycles. The third-order valence-electron chi connectivity index (χ3n) is 5.17. The predicted molar refractivity (Wildman–Crippen MR) is 96.0 cm³/mol. The summed E-state index contributed by atoms with van der Waals surface area (Å²) in [5, 5.41) is 9.33. The molecule has 2 amide bonds. The minimum absolute atomic E-state index is 0.0635. The Bertz CT molecular complexity index is 607. The third-order valence-corrected chi connectivity index (χ3v) is 5.17. The van der Waals surface area contributed by atoms with Crippen molar-refractivity contribution in [2.75, 3.05) is 23.7 Å². The van der Waals surface area contributed by atoms with E-state index in [2.05, 4.69) is 22.9 Å². The lowest BCUT2D eigenvalue weighted by atomic mass is 9.81. The Labute approximate surface area is 143 Å². The summed E-state index contributed by atoms with van der Waals surface area (Å²) < 4.78 is 0. The molecule has 3 N–H and O–H groups in total. The molecule has 1 fully saturated rings. The summed E-state index contributed by atoms with van der Waals surface area (Å²) in [7, 11) is 0. The second-order valence-corrected chi connectivity index (χ2v) is 6.93. The SMILES string of the molecule is CCNCC1CCC(C(=O)Nc2ccc3c(c2)CCC(=O)N3)CC1. The van der Waals surface area contributed by atoms with Gasteiger partial charge in [-0.1, -0.05) is 6.92 Å². The Kier molecular flexibility index (Phi) is 5.51. The van der Waals surface area contributed by atoms with E-state index in [1.807, 2.05) is 18.2 Å². The zero-order valence-electron chi connectivity index (χ0n) is 14.4. The van der Waals surface area contributed by atoms with Crippen LogP contribution in [0.5, 0.6) is 0 Å². The number of rotatable bonds is 5. The highest BCUT2D eigenvalue weighted by Gasteiger charge is 2.26. The first-order chi connectivity index (χ1) is 11.7. The summed E-state index contributed by atoms with van der Waals surface area (Å²) in [6.45, 7) is 4.21. The van der Waals surface area contributed by atoms with Gasteiger partial charge in [0.2, 0.25) is 11.8 Å². The van der Waals surface area contributed by atoms with Gasteiger partial charge in [-0.25, -0.2) is 0 Å². The maximum atomic E-state index is 12.5. The van der Waals surface area contributed by atoms with Crippen LogP contribution in [0.4, 0.5) is 11.4 Å². The molecule has 1 aromatic carbocycles. The van der Waals surface area contributed by atoms with Crippen molar-refractivity contribution >= 4 is 23.2 Å². The van der Waals surface area contributed by atoms with Gasteiger partial charge in [0.05, 0.1) is 0 Å². The molecule has 0 spiro atoms. The Morgan fingerprint density at radius 1 is 1.21 bits per heavy atom. The van der Waals surface area contributed by atoms with Crippen LogP contribution in [-0.4, -0.2) is 24.9 Å². The number of benzene rings is 1. The van der Waals surface area contributed by atoms with Crippen LogP contribution in [0, 0.1) is 11.8 Å². The van der Waals surface area contributed by atoms with E-state index in [-0.39, 0.29) is 17.7 Å². The molecular formula is C19H27N3O2. The maximum Gasteiger partial charge on any atom is 0.227 e. The molecule has 0 radical (unpaired) electrons. The second kappa shape index (κ2) is 7.79. The van der Waals surface area contributed by atoms with Crippen LogP contribution in [-0.2, 0) is 16.0 Å². The number of carbonyl (C=O) groups excluding carboxylic acids is 2. The van der Waals surface area contributed by atoms with Gasteiger partial charge in [0.1, 0.15) is 0 Å². The zero-order valence-corrected chi connectivity index (χ0v) is 14.4. The Morgan fingerprint density at radius 3 is 2.75 bits per heavy atom. The molecule has 5 heteroatoms. The lowest BCUT2D eigenvalue weighted by Crippen LogP contribution is -2.31. The molecule has 24 heavy (non-hydrogen) atoms. The van der Waals surface area contributed by atoms with Crippen LogP contribution >= 0.6 is 0 Å². The Hall–Kier alpha value is -1.88. The highest BCUT2D eigenvalue weighted by Crippen LogP contribution is 2.30. The molecule has 1 heterocycles. The molecule has 1 saturated carbocycles. The molecule has 0 saturated heterocycles. The van der Waals surface area contributed by atoms with Gasteiger partial charge in [-0.3, -0.25) is 9.59 Å². The molecule has 0 bridgehead atoms. The van der Waals surface area contributed by atoms with Gasteiger partial charge in [0.15, 0.2) is 0 Å². The Morgan fingerprint density at radius 2 is 2.00 bits per heavy atom. The number of hydrogen-bond acceptors (Lipinski definition) is 3. The molecule has 5 nitrogen and oxygen atoms in total. The molecule has 130 valence electrons. The zero-order chi connectivity index (χ0) is 16.9. The van der Waals surface area contributed by atoms with Crippen molar-refractivity contribution < 1.29 is 9.59 Å². The number of nitrogens with one attached hydrogen (secondary N) is 3. The predicted octanol–water partition coefficient (Wildman–Crippen LogP) is 2.93. The lowest BCUT2D eigenvalue weighted by molar-refractivity contribution is -0.121. The first kappa shape index (κ1) is 17.0. The van der Waals surface area contributed by atoms with E-state index in [4.69, 9.17) is 0 Å². The molecular weight excluding hydrogens is 302 g/mol. The highest BCUT2D eigenvalue weighted by atomic mass is 16.2. The molecule has 3 rings (SSSR count). The topological polar surface area (TPSA) is 70.2 Å². The van der Waals surface area contributed by atoms with Crippen molar-refractivity contribution in [3.63, 3.8) is 0 Å². The monoisotopic (exact) mass is 329 g/mol. The van der Waals surface area contributed by atoms with Crippen molar-refractivity contribution in [1.82, 2.24) is 5.32 Å². The van der Waals surface area contributed by atoms with Crippen LogP contribution in [0.25, 0.3) is 0 Å². The number of hydrogen-bond donors (Lipinski definition) is 3. The van der Waals surface area contributed by atoms with Crippen molar-refractivity contribution in [2.24, 2.45) is 11.8 Å². The standard InChI is InChI=1S/C19H27N3O2/c1-2-20-12-13-3-5-14(6-4-13)19(24)21-16-8-9-17-15(11-16)7-10-18(23)22-17/h8-9,11,13-14,20H,2-7,10,12H2,1H3,(H,21,24)(H,22,23). The quantitative estimate of drug-likeness (QED) is 0.778. The highest BCUT2D eigenvalue weighted by molar-refractivity contribution is 5.96. The molecule has 0 atom stereocenters. The summed E-state index contributed by atoms with van der Waals surface area (Å²) >= 11 is 0. The average molecular weight is 329 g/mol. The normalized spacial score (nSPS) is 23.3. The third kappa shape index (κ3) is 4.15. The second-order valence-electron chi connectivity index (χ2n) is 6.93. The van der Waals surface area contributed by atoms with E-state index in [0.29, 0.717) is 12.3 Å². The van der Waals surface area contributed by atoms with Gasteiger partial charge in [0, 0.05) is 23.7 Å². The fourth-order valence-electron chi connectivity index (χ4n) is 3.68. The van der Waals surface area contributed by atoms with Gasteiger partial charge in [-0.15, -0.1) is 0 Å². The number of carbonyl (C=O) groups is 2. The maximum absolute atomic E-state index is 12.5. The summed E-state index contributed by atoms with van der Waals surface area (Å²) in [5.74, 6) is 1.03. The number of aryl methyl sites for hydroxylation is 1. The Balaban J connectivity index is 1.53. The smallest absolute Gasteiger partial charge is 0.227 e. The van der Waals surface area contributed by atoms with E-state index in [1.54, 1.807) is 0 Å². The summed E-state index contributed by atoms with van der Waals surface area (Å²) in [5.41, 5.74) is 2.81. The molecule has 0 aromatic heterocycles. The van der Waals surface area contributed by atoms with Crippen molar-refractivity contribution in [3.05, 3.63) is 23.8 Å². The first-order valence-electron chi connectivity index (χ1n) is 9.10. The van der Waals surface area contributed by atoms with Gasteiger partial charge in [0.25, 0.3) is 0 Å². The van der Waals surface area contributed by atoms with Crippen LogP contribution < -0.4 is 16.0 Å². The molecule has 1 aromatic rings. The summed E-state index contributed by atoms with van der Waals surface area (Å²) in [6, 6.07) is 5.75. The average Bonchev–Trinajstić information content (AvgIpc) is 2.60. The largest absolute Gasteiger partial charge is 0.326 e. The summed E-state index contributed by atoms with van der Waals surface area (Å²) in [6.07, 6.45) is 5.45. The van der Waals surface area contributed by atoms with E-state index in [9.17, 15) is 9.59 Å². The first-order valence-corrected chi connectivity index (χ1v) is 9.10. The lowest BCUT2D eigenvalue weighted by Gasteiger charge is -2.28. The van der Waals surface area contributed by atoms with Crippen LogP contribution in [0.2, 0.25) is 0 Å². The van der Waals surface area contributed by atoms with Gasteiger partial charge >= 0.3 is 0 Å². The molecule has 2 aliphatic rings. The van der Waals surface area contributed by atoms with Crippen LogP contribution in [0.3, 0.4) is 0 Å². The minimum atomic E-state index is 0.0635. The van der Waals surface area contributed by atoms with E-state index in [1.165, 1.54) is 0 Å². The van der Waals surface area contributed by atoms with Crippen molar-refractivity contribution in [1.29, 1.82) is 0 Å². The van der Waals surface area contributed by atoms with E-state index < -0.39 is 0 Å². The molecule has 1 aliphatic carbocycles. The van der Waals surface area contributed by atoms with E-state index in [0.717, 1.165) is 62.1 Å². The van der Waals surface area contributed by atoms with Crippen molar-refractivity contribution in [3.8, 4) is 0 Å². The fraction of sp³-hybridized carbons (Fsp3) is 0.579. The van der Waals surface area contributed by atoms with Crippen LogP contribution in [0.1, 0.15) is 44.6 Å². The van der Waals surface area contributed by atoms with Gasteiger partial charge in [-0.05, 0) is 74.9 Å². The number of anilines is 2. The van der Waals surface area contributed by atoms with E-state index >= 15 is 0 Å². The van der Waals surface area contributed by atoms with Gasteiger partial charge < -0.3 is 16.0 Å². The van der Waals surface area contributed by atoms with Crippen LogP contribution in [0.15, 0.2) is 18.2 Å².